The van der Waals surface area contributed by atoms with Gasteiger partial charge in [-0.2, -0.15) is 9.97 Å². The standard InChI is InChI=1S/C18H17N5O3/c1-24-12-6-4-11(5-7-12)8-9-20-18-22-15(19)14-17(23-18)26-16(21-14)13-3-2-10-25-13/h2-7,10H,8-9H2,1H3,(H3,19,20,22,23)/i1T3. The summed E-state index contributed by atoms with van der Waals surface area (Å²) in [5.41, 5.74) is 7.59. The van der Waals surface area contributed by atoms with Crippen molar-refractivity contribution in [3.8, 4) is 17.4 Å². The largest absolute Gasteiger partial charge is 0.497 e. The molecular weight excluding hydrogens is 334 g/mol. The minimum Gasteiger partial charge on any atom is -0.497 e. The predicted molar refractivity (Wildman–Crippen MR) is 96.9 cm³/mol. The molecule has 26 heavy (non-hydrogen) atoms. The molecule has 3 N–H and O–H groups in total. The van der Waals surface area contributed by atoms with E-state index in [9.17, 15) is 0 Å². The van der Waals surface area contributed by atoms with Gasteiger partial charge in [-0.3, -0.25) is 0 Å². The van der Waals surface area contributed by atoms with Crippen LogP contribution in [-0.4, -0.2) is 28.5 Å². The van der Waals surface area contributed by atoms with Crippen LogP contribution >= 0.6 is 0 Å². The number of ether oxygens (including phenoxy) is 1. The summed E-state index contributed by atoms with van der Waals surface area (Å²) in [7, 11) is -2.46. The maximum atomic E-state index is 7.11. The van der Waals surface area contributed by atoms with Gasteiger partial charge in [-0.05, 0) is 36.2 Å². The second kappa shape index (κ2) is 6.75. The second-order valence-electron chi connectivity index (χ2n) is 5.51. The topological polar surface area (TPSA) is 112 Å². The molecule has 4 rings (SSSR count). The molecular formula is C18H17N5O3. The van der Waals surface area contributed by atoms with E-state index in [1.807, 2.05) is 0 Å². The number of nitrogens with zero attached hydrogens (tertiary/aromatic N) is 3. The first-order valence-corrected chi connectivity index (χ1v) is 7.87. The van der Waals surface area contributed by atoms with E-state index >= 15 is 0 Å². The van der Waals surface area contributed by atoms with Crippen LogP contribution < -0.4 is 15.8 Å². The maximum absolute atomic E-state index is 7.11. The lowest BCUT2D eigenvalue weighted by Gasteiger charge is -2.06. The van der Waals surface area contributed by atoms with Crippen molar-refractivity contribution in [3.05, 3.63) is 48.2 Å². The molecule has 0 saturated heterocycles. The summed E-state index contributed by atoms with van der Waals surface area (Å²) in [6.45, 7) is 0.531. The summed E-state index contributed by atoms with van der Waals surface area (Å²) in [4.78, 5) is 12.8. The molecule has 8 heteroatoms. The molecule has 4 aromatic rings. The van der Waals surface area contributed by atoms with E-state index in [1.165, 1.54) is 6.26 Å². The number of furan rings is 1. The van der Waals surface area contributed by atoms with Gasteiger partial charge >= 0.3 is 0 Å². The summed E-state index contributed by atoms with van der Waals surface area (Å²) in [5.74, 6) is 1.57. The Hall–Kier alpha value is -3.55. The fourth-order valence-electron chi connectivity index (χ4n) is 2.47. The quantitative estimate of drug-likeness (QED) is 0.541. The van der Waals surface area contributed by atoms with Crippen LogP contribution in [0.3, 0.4) is 0 Å². The lowest BCUT2D eigenvalue weighted by molar-refractivity contribution is 0.414. The minimum atomic E-state index is -2.46. The molecule has 3 heterocycles. The molecule has 0 aliphatic carbocycles. The third kappa shape index (κ3) is 3.16. The summed E-state index contributed by atoms with van der Waals surface area (Å²) in [6.07, 6.45) is 2.18. The van der Waals surface area contributed by atoms with Crippen LogP contribution in [0.2, 0.25) is 0 Å². The average molecular weight is 357 g/mol. The summed E-state index contributed by atoms with van der Waals surface area (Å²) >= 11 is 0. The highest BCUT2D eigenvalue weighted by atomic mass is 16.5. The molecule has 1 aromatic carbocycles. The van der Waals surface area contributed by atoms with Gasteiger partial charge in [-0.1, -0.05) is 12.1 Å². The molecule has 0 spiro atoms. The van der Waals surface area contributed by atoms with Crippen molar-refractivity contribution in [3.63, 3.8) is 0 Å². The van der Waals surface area contributed by atoms with E-state index in [4.69, 9.17) is 23.4 Å². The molecule has 8 nitrogen and oxygen atoms in total. The maximum Gasteiger partial charge on any atom is 0.265 e. The average Bonchev–Trinajstić information content (AvgIpc) is 3.31. The van der Waals surface area contributed by atoms with Gasteiger partial charge in [0.05, 0.1) is 17.4 Å². The molecule has 0 aliphatic heterocycles. The van der Waals surface area contributed by atoms with Crippen LogP contribution in [0.5, 0.6) is 5.75 Å². The van der Waals surface area contributed by atoms with Crippen molar-refractivity contribution in [2.45, 2.75) is 6.42 Å². The number of aromatic nitrogens is 3. The smallest absolute Gasteiger partial charge is 0.265 e. The SMILES string of the molecule is [3H]C([3H])([3H])Oc1ccc(CCNc2nc(N)c3nc(-c4ccco4)oc3n2)cc1. The molecule has 3 aromatic heterocycles. The normalized spacial score (nSPS) is 13.2. The van der Waals surface area contributed by atoms with E-state index in [-0.39, 0.29) is 17.4 Å². The lowest BCUT2D eigenvalue weighted by atomic mass is 10.1. The molecule has 0 radical (unpaired) electrons. The van der Waals surface area contributed by atoms with Gasteiger partial charge in [0.15, 0.2) is 17.1 Å². The van der Waals surface area contributed by atoms with Gasteiger partial charge in [0.1, 0.15) is 5.75 Å². The lowest BCUT2D eigenvalue weighted by Crippen LogP contribution is -2.09. The van der Waals surface area contributed by atoms with Crippen molar-refractivity contribution >= 4 is 23.0 Å². The number of benzene rings is 1. The van der Waals surface area contributed by atoms with Gasteiger partial charge in [-0.15, -0.1) is 0 Å². The van der Waals surface area contributed by atoms with Crippen LogP contribution in [0, 0.1) is 0 Å². The van der Waals surface area contributed by atoms with Gasteiger partial charge < -0.3 is 24.6 Å². The molecule has 132 valence electrons. The molecule has 0 unspecified atom stereocenters. The highest BCUT2D eigenvalue weighted by molar-refractivity contribution is 5.82. The zero-order valence-electron chi connectivity index (χ0n) is 16.6. The second-order valence-corrected chi connectivity index (χ2v) is 5.51. The van der Waals surface area contributed by atoms with E-state index in [2.05, 4.69) is 20.3 Å². The van der Waals surface area contributed by atoms with E-state index in [1.54, 1.807) is 36.4 Å². The molecule has 0 atom stereocenters. The van der Waals surface area contributed by atoms with Crippen LogP contribution in [0.4, 0.5) is 11.8 Å². The Labute approximate surface area is 153 Å². The number of rotatable bonds is 6. The Kier molecular flexibility index (Phi) is 3.31. The minimum absolute atomic E-state index is 0.199. The Balaban J connectivity index is 1.41. The van der Waals surface area contributed by atoms with Gasteiger partial charge in [-0.25, -0.2) is 4.98 Å². The third-order valence-electron chi connectivity index (χ3n) is 3.76. The van der Waals surface area contributed by atoms with Crippen molar-refractivity contribution in [2.75, 3.05) is 24.6 Å². The van der Waals surface area contributed by atoms with E-state index in [0.29, 0.717) is 35.9 Å². The van der Waals surface area contributed by atoms with Crippen molar-refractivity contribution in [2.24, 2.45) is 0 Å². The number of hydrogen-bond donors (Lipinski definition) is 2. The molecule has 0 saturated carbocycles. The molecule has 0 bridgehead atoms. The number of nitrogen functional groups attached to an aromatic ring is 1. The number of nitrogens with one attached hydrogen (secondary N) is 1. The van der Waals surface area contributed by atoms with Crippen molar-refractivity contribution in [1.29, 1.82) is 0 Å². The summed E-state index contributed by atoms with van der Waals surface area (Å²) < 4.78 is 37.0. The zero-order valence-corrected chi connectivity index (χ0v) is 13.6. The van der Waals surface area contributed by atoms with E-state index in [0.717, 1.165) is 5.56 Å². The predicted octanol–water partition coefficient (Wildman–Crippen LogP) is 3.12. The number of oxazole rings is 1. The van der Waals surface area contributed by atoms with Crippen LogP contribution in [0.25, 0.3) is 22.9 Å². The fourth-order valence-corrected chi connectivity index (χ4v) is 2.47. The van der Waals surface area contributed by atoms with Gasteiger partial charge in [0.25, 0.3) is 11.6 Å². The molecule has 0 amide bonds. The first-order valence-electron chi connectivity index (χ1n) is 9.37. The monoisotopic (exact) mass is 357 g/mol. The molecule has 0 aliphatic rings. The number of methoxy groups -OCH3 is 1. The van der Waals surface area contributed by atoms with Gasteiger partial charge in [0.2, 0.25) is 5.95 Å². The molecule has 0 fully saturated rings. The first kappa shape index (κ1) is 12.8. The van der Waals surface area contributed by atoms with Crippen LogP contribution in [0.1, 0.15) is 9.68 Å². The highest BCUT2D eigenvalue weighted by Gasteiger charge is 2.15. The van der Waals surface area contributed by atoms with E-state index < -0.39 is 7.04 Å². The summed E-state index contributed by atoms with van der Waals surface area (Å²) in [6, 6.07) is 10.3. The highest BCUT2D eigenvalue weighted by Crippen LogP contribution is 2.26. The number of fused-ring (bicyclic) bond motifs is 1. The third-order valence-corrected chi connectivity index (χ3v) is 3.76. The van der Waals surface area contributed by atoms with Crippen LogP contribution in [-0.2, 0) is 6.42 Å². The Morgan fingerprint density at radius 1 is 1.19 bits per heavy atom. The number of anilines is 2. The Bertz CT molecular complexity index is 1110. The zero-order chi connectivity index (χ0) is 20.4. The van der Waals surface area contributed by atoms with Crippen molar-refractivity contribution < 1.29 is 17.7 Å². The van der Waals surface area contributed by atoms with Crippen molar-refractivity contribution in [1.82, 2.24) is 15.0 Å². The Morgan fingerprint density at radius 2 is 2.08 bits per heavy atom. The fraction of sp³-hybridized carbons (Fsp3) is 0.167. The number of hydrogen-bond acceptors (Lipinski definition) is 8. The van der Waals surface area contributed by atoms with Crippen LogP contribution in [0.15, 0.2) is 51.5 Å². The summed E-state index contributed by atoms with van der Waals surface area (Å²) in [5, 5.41) is 3.09. The Morgan fingerprint density at radius 3 is 2.85 bits per heavy atom. The van der Waals surface area contributed by atoms with Gasteiger partial charge in [0, 0.05) is 6.54 Å². The first-order chi connectivity index (χ1) is 13.9. The number of nitrogens with two attached hydrogens (primary N) is 1.